The van der Waals surface area contributed by atoms with Crippen molar-refractivity contribution in [1.29, 1.82) is 0 Å². The average Bonchev–Trinajstić information content (AvgIpc) is 2.76. The summed E-state index contributed by atoms with van der Waals surface area (Å²) in [6.45, 7) is -2.68. The molecule has 1 rings (SSSR count). The molecule has 14 nitrogen and oxygen atoms in total. The third-order valence-corrected chi connectivity index (χ3v) is 5.16. The summed E-state index contributed by atoms with van der Waals surface area (Å²) in [6.07, 6.45) is 0.0229. The summed E-state index contributed by atoms with van der Waals surface area (Å²) in [6, 6.07) is 5.51. The number of methoxy groups -OCH3 is 1. The minimum atomic E-state index is -1.26. The fraction of sp³-hybridized carbons (Fsp3) is 0.500. The molecule has 0 aliphatic rings. The number of carboxylic acid groups (broad SMARTS) is 5. The van der Waals surface area contributed by atoms with Crippen LogP contribution in [0.15, 0.2) is 24.3 Å². The van der Waals surface area contributed by atoms with E-state index in [1.54, 1.807) is 24.3 Å². The van der Waals surface area contributed by atoms with E-state index in [4.69, 9.17) is 25.2 Å². The second kappa shape index (κ2) is 15.3. The van der Waals surface area contributed by atoms with Crippen LogP contribution in [-0.2, 0) is 30.4 Å². The standard InChI is InChI=1S/C22H31N3O11/c1-36-16-4-2-15(3-5-16)10-17(22(34)35)25(8-6-23(11-18(26)27)12-19(28)29)9-7-24(13-20(30)31)14-21(32)33/h2-5,17H,6-14H2,1H3,(H,26,27)(H,28,29)(H,30,31)(H,32,33)(H,34,35)/t17-/m0/s1. The van der Waals surface area contributed by atoms with Crippen molar-refractivity contribution >= 4 is 29.8 Å². The number of aliphatic carboxylic acids is 5. The number of hydrogen-bond donors (Lipinski definition) is 5. The molecule has 14 heteroatoms. The molecule has 0 amide bonds. The second-order valence-electron chi connectivity index (χ2n) is 7.94. The summed E-state index contributed by atoms with van der Waals surface area (Å²) in [5.74, 6) is -5.68. The Kier molecular flexibility index (Phi) is 12.9. The zero-order valence-corrected chi connectivity index (χ0v) is 19.8. The highest BCUT2D eigenvalue weighted by Gasteiger charge is 2.28. The van der Waals surface area contributed by atoms with E-state index >= 15 is 0 Å². The molecule has 36 heavy (non-hydrogen) atoms. The van der Waals surface area contributed by atoms with Crippen LogP contribution in [-0.4, -0.2) is 136 Å². The molecule has 0 heterocycles. The first-order valence-corrected chi connectivity index (χ1v) is 10.8. The van der Waals surface area contributed by atoms with Crippen molar-refractivity contribution in [1.82, 2.24) is 14.7 Å². The van der Waals surface area contributed by atoms with E-state index in [1.807, 2.05) is 0 Å². The lowest BCUT2D eigenvalue weighted by Gasteiger charge is -2.32. The molecule has 0 fully saturated rings. The van der Waals surface area contributed by atoms with Gasteiger partial charge in [-0.1, -0.05) is 12.1 Å². The Bertz CT molecular complexity index is 835. The maximum Gasteiger partial charge on any atom is 0.321 e. The molecule has 0 saturated heterocycles. The van der Waals surface area contributed by atoms with Crippen LogP contribution in [0.2, 0.25) is 0 Å². The molecule has 1 aromatic rings. The molecule has 0 aliphatic heterocycles. The number of ether oxygens (including phenoxy) is 1. The van der Waals surface area contributed by atoms with Crippen LogP contribution >= 0.6 is 0 Å². The van der Waals surface area contributed by atoms with E-state index in [1.165, 1.54) is 12.0 Å². The van der Waals surface area contributed by atoms with Gasteiger partial charge in [0.1, 0.15) is 11.8 Å². The molecule has 5 N–H and O–H groups in total. The monoisotopic (exact) mass is 513 g/mol. The zero-order chi connectivity index (χ0) is 27.3. The summed E-state index contributed by atoms with van der Waals surface area (Å²) in [4.78, 5) is 60.4. The Morgan fingerprint density at radius 3 is 1.39 bits per heavy atom. The van der Waals surface area contributed by atoms with Gasteiger partial charge in [-0.2, -0.15) is 0 Å². The van der Waals surface area contributed by atoms with Gasteiger partial charge in [0.2, 0.25) is 0 Å². The third kappa shape index (κ3) is 12.1. The smallest absolute Gasteiger partial charge is 0.321 e. The molecule has 0 spiro atoms. The SMILES string of the molecule is COc1ccc(C[C@@H](C(=O)O)N(CCN(CC(=O)O)CC(=O)O)CCN(CC(=O)O)CC(=O)O)cc1. The molecule has 0 unspecified atom stereocenters. The van der Waals surface area contributed by atoms with Gasteiger partial charge < -0.3 is 30.3 Å². The third-order valence-electron chi connectivity index (χ3n) is 5.16. The zero-order valence-electron chi connectivity index (χ0n) is 19.8. The van der Waals surface area contributed by atoms with Gasteiger partial charge in [0.25, 0.3) is 0 Å². The maximum absolute atomic E-state index is 12.2. The van der Waals surface area contributed by atoms with Crippen molar-refractivity contribution in [2.75, 3.05) is 59.5 Å². The fourth-order valence-electron chi connectivity index (χ4n) is 3.51. The van der Waals surface area contributed by atoms with E-state index in [0.29, 0.717) is 11.3 Å². The van der Waals surface area contributed by atoms with Gasteiger partial charge in [0.05, 0.1) is 33.3 Å². The molecule has 0 radical (unpaired) electrons. The average molecular weight is 514 g/mol. The molecule has 0 aromatic heterocycles. The second-order valence-corrected chi connectivity index (χ2v) is 7.94. The largest absolute Gasteiger partial charge is 0.497 e. The topological polar surface area (TPSA) is 205 Å². The van der Waals surface area contributed by atoms with Crippen LogP contribution in [0.25, 0.3) is 0 Å². The van der Waals surface area contributed by atoms with Gasteiger partial charge in [-0.3, -0.25) is 38.7 Å². The Balaban J connectivity index is 3.15. The van der Waals surface area contributed by atoms with Crippen LogP contribution in [0.4, 0.5) is 0 Å². The lowest BCUT2D eigenvalue weighted by Crippen LogP contribution is -2.50. The molecule has 1 atom stereocenters. The van der Waals surface area contributed by atoms with Gasteiger partial charge in [0, 0.05) is 26.2 Å². The molecule has 0 bridgehead atoms. The first-order valence-electron chi connectivity index (χ1n) is 10.8. The molecule has 0 saturated carbocycles. The Morgan fingerprint density at radius 1 is 0.694 bits per heavy atom. The maximum atomic E-state index is 12.2. The number of hydrogen-bond acceptors (Lipinski definition) is 9. The number of carboxylic acids is 5. The van der Waals surface area contributed by atoms with E-state index in [-0.39, 0.29) is 32.6 Å². The van der Waals surface area contributed by atoms with E-state index < -0.39 is 62.1 Å². The number of benzene rings is 1. The normalized spacial score (nSPS) is 12.0. The number of carbonyl (C=O) groups is 5. The number of rotatable bonds is 19. The predicted octanol–water partition coefficient (Wildman–Crippen LogP) is -1.06. The van der Waals surface area contributed by atoms with Gasteiger partial charge in [-0.15, -0.1) is 0 Å². The van der Waals surface area contributed by atoms with Gasteiger partial charge in [-0.25, -0.2) is 0 Å². The molecular formula is C22H31N3O11. The highest BCUT2D eigenvalue weighted by atomic mass is 16.5. The molecule has 0 aliphatic carbocycles. The predicted molar refractivity (Wildman–Crippen MR) is 123 cm³/mol. The first kappa shape index (κ1) is 30.3. The van der Waals surface area contributed by atoms with E-state index in [9.17, 15) is 29.1 Å². The fourth-order valence-corrected chi connectivity index (χ4v) is 3.51. The Labute approximate surface area is 206 Å². The summed E-state index contributed by atoms with van der Waals surface area (Å²) >= 11 is 0. The molecule has 1 aromatic carbocycles. The summed E-state index contributed by atoms with van der Waals surface area (Å²) < 4.78 is 5.10. The van der Waals surface area contributed by atoms with Crippen molar-refractivity contribution < 1.29 is 54.2 Å². The van der Waals surface area contributed by atoms with Gasteiger partial charge in [-0.05, 0) is 24.1 Å². The number of nitrogens with zero attached hydrogens (tertiary/aromatic N) is 3. The quantitative estimate of drug-likeness (QED) is 0.149. The van der Waals surface area contributed by atoms with Crippen molar-refractivity contribution in [3.63, 3.8) is 0 Å². The highest BCUT2D eigenvalue weighted by molar-refractivity contribution is 5.74. The van der Waals surface area contributed by atoms with E-state index in [0.717, 1.165) is 9.80 Å². The Hall–Kier alpha value is -3.75. The lowest BCUT2D eigenvalue weighted by molar-refractivity contribution is -0.146. The Morgan fingerprint density at radius 2 is 1.08 bits per heavy atom. The van der Waals surface area contributed by atoms with Crippen LogP contribution in [0, 0.1) is 0 Å². The molecule has 200 valence electrons. The van der Waals surface area contributed by atoms with Crippen LogP contribution in [0.1, 0.15) is 5.56 Å². The summed E-state index contributed by atoms with van der Waals surface area (Å²) in [7, 11) is 1.48. The first-order chi connectivity index (χ1) is 16.9. The molecular weight excluding hydrogens is 482 g/mol. The minimum absolute atomic E-state index is 0.0229. The van der Waals surface area contributed by atoms with Crippen molar-refractivity contribution in [3.05, 3.63) is 29.8 Å². The van der Waals surface area contributed by atoms with Crippen molar-refractivity contribution in [2.24, 2.45) is 0 Å². The van der Waals surface area contributed by atoms with E-state index in [2.05, 4.69) is 0 Å². The summed E-state index contributed by atoms with van der Waals surface area (Å²) in [5.41, 5.74) is 0.647. The van der Waals surface area contributed by atoms with Crippen molar-refractivity contribution in [2.45, 2.75) is 12.5 Å². The van der Waals surface area contributed by atoms with Crippen LogP contribution in [0.3, 0.4) is 0 Å². The highest BCUT2D eigenvalue weighted by Crippen LogP contribution is 2.15. The lowest BCUT2D eigenvalue weighted by atomic mass is 10.0. The van der Waals surface area contributed by atoms with Gasteiger partial charge in [0.15, 0.2) is 0 Å². The van der Waals surface area contributed by atoms with Crippen molar-refractivity contribution in [3.8, 4) is 5.75 Å². The van der Waals surface area contributed by atoms with Gasteiger partial charge >= 0.3 is 29.8 Å². The van der Waals surface area contributed by atoms with Crippen LogP contribution in [0.5, 0.6) is 5.75 Å². The summed E-state index contributed by atoms with van der Waals surface area (Å²) in [5, 5.41) is 46.2. The van der Waals surface area contributed by atoms with Crippen LogP contribution < -0.4 is 4.74 Å². The minimum Gasteiger partial charge on any atom is -0.497 e.